The van der Waals surface area contributed by atoms with Crippen LogP contribution in [0.5, 0.6) is 0 Å². The highest BCUT2D eigenvalue weighted by molar-refractivity contribution is 5.52. The van der Waals surface area contributed by atoms with Crippen LogP contribution >= 0.6 is 0 Å². The average molecular weight is 344 g/mol. The lowest BCUT2D eigenvalue weighted by molar-refractivity contribution is 0.702. The van der Waals surface area contributed by atoms with Crippen molar-refractivity contribution in [1.82, 2.24) is 0 Å². The van der Waals surface area contributed by atoms with Crippen LogP contribution < -0.4 is 0 Å². The zero-order chi connectivity index (χ0) is 18.9. The van der Waals surface area contributed by atoms with Crippen molar-refractivity contribution >= 4 is 12.2 Å². The Morgan fingerprint density at radius 3 is 1.58 bits per heavy atom. The van der Waals surface area contributed by atoms with E-state index in [1.165, 1.54) is 55.7 Å². The minimum absolute atomic E-state index is 1.17. The molecule has 0 unspecified atom stereocenters. The van der Waals surface area contributed by atoms with Crippen LogP contribution in [0.1, 0.15) is 49.7 Å². The first kappa shape index (κ1) is 21.2. The topological polar surface area (TPSA) is 23.8 Å². The first-order valence-corrected chi connectivity index (χ1v) is 9.22. The van der Waals surface area contributed by atoms with Crippen molar-refractivity contribution in [2.24, 2.45) is 0 Å². The van der Waals surface area contributed by atoms with Gasteiger partial charge in [0.25, 0.3) is 0 Å². The first-order valence-electron chi connectivity index (χ1n) is 9.22. The van der Waals surface area contributed by atoms with Gasteiger partial charge in [-0.3, -0.25) is 0 Å². The first-order chi connectivity index (χ1) is 12.8. The number of nitriles is 1. The highest BCUT2D eigenvalue weighted by atomic mass is 14.2. The van der Waals surface area contributed by atoms with Gasteiger partial charge in [-0.05, 0) is 36.8 Å². The number of nitrogens with zero attached hydrogens (tertiary/aromatic N) is 1. The minimum Gasteiger partial charge on any atom is -0.193 e. The number of hydrogen-bond donors (Lipinski definition) is 0. The molecule has 1 fully saturated rings. The van der Waals surface area contributed by atoms with Crippen LogP contribution in [0.2, 0.25) is 0 Å². The largest absolute Gasteiger partial charge is 0.193 e. The van der Waals surface area contributed by atoms with E-state index < -0.39 is 0 Å². The van der Waals surface area contributed by atoms with Gasteiger partial charge in [0.05, 0.1) is 6.07 Å². The van der Waals surface area contributed by atoms with Crippen LogP contribution in [0.4, 0.5) is 0 Å². The maximum absolute atomic E-state index is 7.51. The lowest BCUT2D eigenvalue weighted by atomic mass is 10.0. The molecule has 1 heteroatoms. The Hall–Kier alpha value is -2.85. The summed E-state index contributed by atoms with van der Waals surface area (Å²) in [4.78, 5) is 0. The summed E-state index contributed by atoms with van der Waals surface area (Å²) in [6.45, 7) is 6.75. The molecule has 2 aromatic rings. The van der Waals surface area contributed by atoms with Crippen LogP contribution in [0, 0.1) is 11.3 Å². The second-order valence-corrected chi connectivity index (χ2v) is 6.08. The van der Waals surface area contributed by atoms with Gasteiger partial charge in [0.2, 0.25) is 0 Å². The maximum atomic E-state index is 7.51. The second-order valence-electron chi connectivity index (χ2n) is 6.08. The zero-order valence-electron chi connectivity index (χ0n) is 15.6. The normalized spacial score (nSPS) is 12.7. The van der Waals surface area contributed by atoms with Crippen LogP contribution in [-0.4, -0.2) is 0 Å². The summed E-state index contributed by atoms with van der Waals surface area (Å²) < 4.78 is 0. The van der Waals surface area contributed by atoms with Gasteiger partial charge in [0, 0.05) is 6.08 Å². The smallest absolute Gasteiger partial charge is 0.0905 e. The van der Waals surface area contributed by atoms with Crippen LogP contribution in [0.3, 0.4) is 0 Å². The quantitative estimate of drug-likeness (QED) is 0.410. The Morgan fingerprint density at radius 1 is 0.731 bits per heavy atom. The van der Waals surface area contributed by atoms with E-state index in [1.54, 1.807) is 11.6 Å². The van der Waals surface area contributed by atoms with Gasteiger partial charge in [-0.15, -0.1) is 0 Å². The number of benzene rings is 2. The Bertz CT molecular complexity index is 680. The summed E-state index contributed by atoms with van der Waals surface area (Å²) in [5.41, 5.74) is 4.19. The van der Waals surface area contributed by atoms with Gasteiger partial charge in [-0.25, -0.2) is 0 Å². The number of rotatable bonds is 2. The van der Waals surface area contributed by atoms with E-state index in [1.807, 2.05) is 36.4 Å². The SMILES string of the molecule is C(=C1CCCCCC1)c1ccccc1.C=CC#N.C=Cc1ccccc1. The fraction of sp³-hybridized carbons (Fsp3) is 0.240. The Kier molecular flexibility index (Phi) is 11.8. The van der Waals surface area contributed by atoms with Crippen molar-refractivity contribution < 1.29 is 0 Å². The third-order valence-electron chi connectivity index (χ3n) is 4.04. The average Bonchev–Trinajstić information content (AvgIpc) is 2.99. The van der Waals surface area contributed by atoms with E-state index in [9.17, 15) is 0 Å². The molecule has 0 N–H and O–H groups in total. The van der Waals surface area contributed by atoms with Crippen LogP contribution in [0.25, 0.3) is 12.2 Å². The number of hydrogen-bond acceptors (Lipinski definition) is 1. The van der Waals surface area contributed by atoms with E-state index in [-0.39, 0.29) is 0 Å². The molecule has 0 heterocycles. The lowest BCUT2D eigenvalue weighted by Crippen LogP contribution is -1.81. The molecule has 3 rings (SSSR count). The van der Waals surface area contributed by atoms with Crippen LogP contribution in [0.15, 0.2) is 85.5 Å². The van der Waals surface area contributed by atoms with E-state index in [2.05, 4.69) is 49.6 Å². The maximum Gasteiger partial charge on any atom is 0.0905 e. The third kappa shape index (κ3) is 10.1. The van der Waals surface area contributed by atoms with Gasteiger partial charge < -0.3 is 0 Å². The molecule has 2 aromatic carbocycles. The van der Waals surface area contributed by atoms with E-state index in [0.717, 1.165) is 0 Å². The van der Waals surface area contributed by atoms with Crippen molar-refractivity contribution in [3.63, 3.8) is 0 Å². The van der Waals surface area contributed by atoms with E-state index in [0.29, 0.717) is 0 Å². The van der Waals surface area contributed by atoms with Crippen molar-refractivity contribution in [1.29, 1.82) is 5.26 Å². The molecule has 1 aliphatic rings. The van der Waals surface area contributed by atoms with Gasteiger partial charge in [-0.2, -0.15) is 5.26 Å². The lowest BCUT2D eigenvalue weighted by Gasteiger charge is -2.02. The molecule has 0 atom stereocenters. The summed E-state index contributed by atoms with van der Waals surface area (Å²) in [7, 11) is 0. The summed E-state index contributed by atoms with van der Waals surface area (Å²) >= 11 is 0. The molecule has 0 radical (unpaired) electrons. The fourth-order valence-electron chi connectivity index (χ4n) is 2.70. The summed E-state index contributed by atoms with van der Waals surface area (Å²) in [5, 5.41) is 7.51. The third-order valence-corrected chi connectivity index (χ3v) is 4.04. The summed E-state index contributed by atoms with van der Waals surface area (Å²) in [5.74, 6) is 0. The van der Waals surface area contributed by atoms with E-state index in [4.69, 9.17) is 5.26 Å². The molecule has 1 saturated carbocycles. The summed E-state index contributed by atoms with van der Waals surface area (Å²) in [6.07, 6.45) is 13.6. The molecule has 0 aromatic heterocycles. The highest BCUT2D eigenvalue weighted by Crippen LogP contribution is 2.23. The van der Waals surface area contributed by atoms with Gasteiger partial charge in [0.15, 0.2) is 0 Å². The predicted molar refractivity (Wildman–Crippen MR) is 114 cm³/mol. The van der Waals surface area contributed by atoms with Gasteiger partial charge in [0.1, 0.15) is 0 Å². The van der Waals surface area contributed by atoms with Gasteiger partial charge >= 0.3 is 0 Å². The standard InChI is InChI=1S/C14H18.C8H8.C3H3N/c1-2-5-9-13(8-4-1)12-14-10-6-3-7-11-14;1-2-8-6-4-3-5-7-8;1-2-3-4/h3,6-7,10-12H,1-2,4-5,8-9H2;2-7H,1H2;2H,1H2. The molecular weight excluding hydrogens is 314 g/mol. The molecule has 1 nitrogen and oxygen atoms in total. The predicted octanol–water partition coefficient (Wildman–Crippen LogP) is 7.45. The zero-order valence-corrected chi connectivity index (χ0v) is 15.6. The monoisotopic (exact) mass is 343 g/mol. The van der Waals surface area contributed by atoms with Crippen molar-refractivity contribution in [2.45, 2.75) is 38.5 Å². The van der Waals surface area contributed by atoms with Crippen molar-refractivity contribution in [3.8, 4) is 6.07 Å². The Morgan fingerprint density at radius 2 is 1.19 bits per heavy atom. The highest BCUT2D eigenvalue weighted by Gasteiger charge is 2.03. The molecule has 26 heavy (non-hydrogen) atoms. The van der Waals surface area contributed by atoms with Crippen LogP contribution in [-0.2, 0) is 0 Å². The fourth-order valence-corrected chi connectivity index (χ4v) is 2.70. The summed E-state index contributed by atoms with van der Waals surface area (Å²) in [6, 6.07) is 22.4. The molecule has 134 valence electrons. The Labute approximate surface area is 159 Å². The van der Waals surface area contributed by atoms with Gasteiger partial charge in [-0.1, -0.05) is 104 Å². The van der Waals surface area contributed by atoms with Crippen molar-refractivity contribution in [2.75, 3.05) is 0 Å². The molecule has 0 amide bonds. The second kappa shape index (κ2) is 14.5. The van der Waals surface area contributed by atoms with E-state index >= 15 is 0 Å². The molecule has 0 spiro atoms. The molecular formula is C25H29N. The number of allylic oxidation sites excluding steroid dienone is 2. The van der Waals surface area contributed by atoms with Crippen molar-refractivity contribution in [3.05, 3.63) is 96.6 Å². The minimum atomic E-state index is 1.17. The molecule has 0 bridgehead atoms. The molecule has 1 aliphatic carbocycles. The molecule has 0 saturated heterocycles. The molecule has 0 aliphatic heterocycles. The Balaban J connectivity index is 0.000000238.